The lowest BCUT2D eigenvalue weighted by Gasteiger charge is -2.30. The summed E-state index contributed by atoms with van der Waals surface area (Å²) in [6.07, 6.45) is 2.14. The zero-order chi connectivity index (χ0) is 19.8. The number of ether oxygens (including phenoxy) is 2. The van der Waals surface area contributed by atoms with Crippen LogP contribution in [0, 0.1) is 5.92 Å². The van der Waals surface area contributed by atoms with Crippen molar-refractivity contribution in [2.45, 2.75) is 19.8 Å². The number of hydrogen-bond donors (Lipinski definition) is 1. The van der Waals surface area contributed by atoms with Crippen LogP contribution in [0.15, 0.2) is 54.6 Å². The summed E-state index contributed by atoms with van der Waals surface area (Å²) in [7, 11) is 0. The van der Waals surface area contributed by atoms with Crippen molar-refractivity contribution in [3.63, 3.8) is 0 Å². The van der Waals surface area contributed by atoms with Crippen LogP contribution in [0.3, 0.4) is 0 Å². The van der Waals surface area contributed by atoms with Gasteiger partial charge in [0.1, 0.15) is 5.75 Å². The fourth-order valence-corrected chi connectivity index (χ4v) is 3.16. The van der Waals surface area contributed by atoms with Gasteiger partial charge in [-0.3, -0.25) is 4.79 Å². The highest BCUT2D eigenvalue weighted by atomic mass is 16.6. The summed E-state index contributed by atoms with van der Waals surface area (Å²) in [6.45, 7) is 3.14. The number of carbonyl (C=O) groups excluding carboxylic acids is 2. The average Bonchev–Trinajstić information content (AvgIpc) is 2.72. The molecule has 2 aromatic carbocycles. The predicted molar refractivity (Wildman–Crippen MR) is 108 cm³/mol. The van der Waals surface area contributed by atoms with Crippen LogP contribution in [0.4, 0.5) is 11.4 Å². The highest BCUT2D eigenvalue weighted by Crippen LogP contribution is 2.20. The van der Waals surface area contributed by atoms with Gasteiger partial charge in [-0.05, 0) is 55.2 Å². The van der Waals surface area contributed by atoms with E-state index in [-0.39, 0.29) is 19.1 Å². The van der Waals surface area contributed by atoms with Crippen LogP contribution >= 0.6 is 0 Å². The monoisotopic (exact) mass is 382 g/mol. The molecular weight excluding hydrogens is 356 g/mol. The Kier molecular flexibility index (Phi) is 6.89. The Morgan fingerprint density at radius 3 is 2.46 bits per heavy atom. The molecule has 6 heteroatoms. The molecule has 0 unspecified atom stereocenters. The fourth-order valence-electron chi connectivity index (χ4n) is 3.16. The molecule has 1 fully saturated rings. The molecule has 148 valence electrons. The quantitative estimate of drug-likeness (QED) is 0.741. The number of nitrogens with one attached hydrogen (secondary N) is 1. The Hall–Kier alpha value is -3.02. The van der Waals surface area contributed by atoms with E-state index >= 15 is 0 Å². The summed E-state index contributed by atoms with van der Waals surface area (Å²) in [6, 6.07) is 17.1. The Bertz CT molecular complexity index is 777. The number of nitrogens with zero attached hydrogens (tertiary/aromatic N) is 1. The van der Waals surface area contributed by atoms with E-state index in [9.17, 15) is 9.59 Å². The van der Waals surface area contributed by atoms with Gasteiger partial charge in [-0.1, -0.05) is 25.1 Å². The molecule has 1 aliphatic heterocycles. The Labute approximate surface area is 165 Å². The van der Waals surface area contributed by atoms with Crippen LogP contribution < -0.4 is 10.1 Å². The van der Waals surface area contributed by atoms with Crippen molar-refractivity contribution in [2.75, 3.05) is 31.6 Å². The van der Waals surface area contributed by atoms with Crippen molar-refractivity contribution in [1.82, 2.24) is 4.90 Å². The number of carbonyl (C=O) groups is 2. The highest BCUT2D eigenvalue weighted by molar-refractivity contribution is 5.81. The summed E-state index contributed by atoms with van der Waals surface area (Å²) in [5.41, 5.74) is 1.91. The molecule has 6 nitrogen and oxygen atoms in total. The SMILES string of the molecule is C[C@H]1CCCN(C(=O)COC(=O)COc2ccc(Nc3ccccc3)cc2)C1. The third kappa shape index (κ3) is 6.01. The van der Waals surface area contributed by atoms with Crippen LogP contribution in [-0.4, -0.2) is 43.1 Å². The molecule has 1 heterocycles. The summed E-state index contributed by atoms with van der Waals surface area (Å²) in [4.78, 5) is 25.7. The fraction of sp³-hybridized carbons (Fsp3) is 0.364. The molecule has 0 bridgehead atoms. The molecule has 1 aliphatic rings. The van der Waals surface area contributed by atoms with E-state index in [1.54, 1.807) is 17.0 Å². The van der Waals surface area contributed by atoms with Crippen LogP contribution in [0.1, 0.15) is 19.8 Å². The van der Waals surface area contributed by atoms with Crippen molar-refractivity contribution in [2.24, 2.45) is 5.92 Å². The highest BCUT2D eigenvalue weighted by Gasteiger charge is 2.21. The van der Waals surface area contributed by atoms with Crippen LogP contribution in [-0.2, 0) is 14.3 Å². The lowest BCUT2D eigenvalue weighted by Crippen LogP contribution is -2.41. The molecule has 0 aliphatic carbocycles. The molecule has 28 heavy (non-hydrogen) atoms. The van der Waals surface area contributed by atoms with Gasteiger partial charge in [0.05, 0.1) is 0 Å². The third-order valence-electron chi connectivity index (χ3n) is 4.64. The molecule has 1 atom stereocenters. The summed E-state index contributed by atoms with van der Waals surface area (Å²) >= 11 is 0. The molecule has 0 radical (unpaired) electrons. The molecule has 3 rings (SSSR count). The van der Waals surface area contributed by atoms with Gasteiger partial charge in [0.2, 0.25) is 0 Å². The first-order valence-electron chi connectivity index (χ1n) is 9.58. The second kappa shape index (κ2) is 9.78. The van der Waals surface area contributed by atoms with Crippen molar-refractivity contribution < 1.29 is 19.1 Å². The van der Waals surface area contributed by atoms with Gasteiger partial charge in [-0.25, -0.2) is 4.79 Å². The van der Waals surface area contributed by atoms with E-state index in [1.807, 2.05) is 42.5 Å². The normalized spacial score (nSPS) is 16.3. The smallest absolute Gasteiger partial charge is 0.344 e. The lowest BCUT2D eigenvalue weighted by molar-refractivity contribution is -0.154. The molecule has 0 saturated carbocycles. The van der Waals surface area contributed by atoms with E-state index in [2.05, 4.69) is 12.2 Å². The second-order valence-electron chi connectivity index (χ2n) is 7.05. The zero-order valence-corrected chi connectivity index (χ0v) is 16.1. The summed E-state index contributed by atoms with van der Waals surface area (Å²) < 4.78 is 10.5. The minimum absolute atomic E-state index is 0.142. The number of anilines is 2. The van der Waals surface area contributed by atoms with E-state index in [4.69, 9.17) is 9.47 Å². The van der Waals surface area contributed by atoms with E-state index in [0.29, 0.717) is 11.7 Å². The van der Waals surface area contributed by atoms with Crippen molar-refractivity contribution in [3.8, 4) is 5.75 Å². The summed E-state index contributed by atoms with van der Waals surface area (Å²) in [5, 5.41) is 3.27. The number of para-hydroxylation sites is 1. The van der Waals surface area contributed by atoms with Crippen LogP contribution in [0.25, 0.3) is 0 Å². The third-order valence-corrected chi connectivity index (χ3v) is 4.64. The topological polar surface area (TPSA) is 67.9 Å². The van der Waals surface area contributed by atoms with Crippen molar-refractivity contribution in [1.29, 1.82) is 0 Å². The number of amides is 1. The zero-order valence-electron chi connectivity index (χ0n) is 16.1. The first-order valence-corrected chi connectivity index (χ1v) is 9.58. The van der Waals surface area contributed by atoms with Gasteiger partial charge in [0, 0.05) is 24.5 Å². The molecule has 2 aromatic rings. The first-order chi connectivity index (χ1) is 13.6. The number of benzene rings is 2. The average molecular weight is 382 g/mol. The Balaban J connectivity index is 1.39. The Morgan fingerprint density at radius 1 is 1.04 bits per heavy atom. The molecular formula is C22H26N2O4. The maximum Gasteiger partial charge on any atom is 0.344 e. The van der Waals surface area contributed by atoms with Gasteiger partial charge < -0.3 is 19.7 Å². The predicted octanol–water partition coefficient (Wildman–Crippen LogP) is 3.61. The number of rotatable bonds is 7. The number of esters is 1. The van der Waals surface area contributed by atoms with E-state index in [0.717, 1.165) is 37.3 Å². The summed E-state index contributed by atoms with van der Waals surface area (Å²) in [5.74, 6) is 0.365. The van der Waals surface area contributed by atoms with Crippen molar-refractivity contribution in [3.05, 3.63) is 54.6 Å². The van der Waals surface area contributed by atoms with Gasteiger partial charge in [0.15, 0.2) is 13.2 Å². The second-order valence-corrected chi connectivity index (χ2v) is 7.05. The lowest BCUT2D eigenvalue weighted by atomic mass is 10.0. The van der Waals surface area contributed by atoms with Crippen molar-refractivity contribution >= 4 is 23.3 Å². The minimum atomic E-state index is -0.551. The van der Waals surface area contributed by atoms with Gasteiger partial charge >= 0.3 is 5.97 Å². The van der Waals surface area contributed by atoms with Gasteiger partial charge in [-0.15, -0.1) is 0 Å². The maximum absolute atomic E-state index is 12.1. The van der Waals surface area contributed by atoms with Gasteiger partial charge in [-0.2, -0.15) is 0 Å². The van der Waals surface area contributed by atoms with E-state index in [1.165, 1.54) is 0 Å². The van der Waals surface area contributed by atoms with Crippen LogP contribution in [0.5, 0.6) is 5.75 Å². The molecule has 0 aromatic heterocycles. The minimum Gasteiger partial charge on any atom is -0.482 e. The first kappa shape index (κ1) is 19.7. The number of piperidine rings is 1. The molecule has 1 amide bonds. The van der Waals surface area contributed by atoms with Gasteiger partial charge in [0.25, 0.3) is 5.91 Å². The largest absolute Gasteiger partial charge is 0.482 e. The molecule has 1 N–H and O–H groups in total. The Morgan fingerprint density at radius 2 is 1.75 bits per heavy atom. The maximum atomic E-state index is 12.1. The molecule has 1 saturated heterocycles. The number of likely N-dealkylation sites (tertiary alicyclic amines) is 1. The van der Waals surface area contributed by atoms with Crippen LogP contribution in [0.2, 0.25) is 0 Å². The standard InChI is InChI=1S/C22H26N2O4/c1-17-6-5-13-24(14-17)21(25)15-28-22(26)16-27-20-11-9-19(10-12-20)23-18-7-3-2-4-8-18/h2-4,7-12,17,23H,5-6,13-16H2,1H3/t17-/m0/s1. The number of hydrogen-bond acceptors (Lipinski definition) is 5. The van der Waals surface area contributed by atoms with E-state index < -0.39 is 5.97 Å². The molecule has 0 spiro atoms.